The number of hydrogen-bond donors (Lipinski definition) is 2. The molecule has 0 aliphatic carbocycles. The van der Waals surface area contributed by atoms with Crippen LogP contribution in [0.15, 0.2) is 24.3 Å². The number of carbonyl (C=O) groups is 2. The van der Waals surface area contributed by atoms with Crippen molar-refractivity contribution in [2.45, 2.75) is 45.8 Å². The van der Waals surface area contributed by atoms with E-state index in [1.54, 1.807) is 17.9 Å². The molecule has 0 spiro atoms. The summed E-state index contributed by atoms with van der Waals surface area (Å²) in [6, 6.07) is 6.64. The molecule has 0 aromatic heterocycles. The first kappa shape index (κ1) is 16.5. The second-order valence-electron chi connectivity index (χ2n) is 6.01. The minimum Gasteiger partial charge on any atom is -0.394 e. The number of rotatable bonds is 6. The minimum atomic E-state index is -0.515. The Labute approximate surface area is 131 Å². The first-order valence-electron chi connectivity index (χ1n) is 7.79. The van der Waals surface area contributed by atoms with Crippen LogP contribution >= 0.6 is 0 Å². The Balaban J connectivity index is 2.24. The average molecular weight is 304 g/mol. The second kappa shape index (κ2) is 6.92. The van der Waals surface area contributed by atoms with Gasteiger partial charge in [0.1, 0.15) is 6.04 Å². The van der Waals surface area contributed by atoms with Gasteiger partial charge in [0.15, 0.2) is 0 Å². The number of benzene rings is 1. The zero-order valence-electron chi connectivity index (χ0n) is 13.4. The molecule has 0 bridgehead atoms. The number of aliphatic hydroxyl groups excluding tert-OH is 1. The molecule has 3 atom stereocenters. The van der Waals surface area contributed by atoms with E-state index in [4.69, 9.17) is 5.11 Å². The number of hydrogen-bond acceptors (Lipinski definition) is 3. The highest BCUT2D eigenvalue weighted by Gasteiger charge is 2.38. The molecular formula is C17H24N2O3. The normalized spacial score (nSPS) is 17.8. The Morgan fingerprint density at radius 1 is 1.36 bits per heavy atom. The van der Waals surface area contributed by atoms with Gasteiger partial charge in [0.25, 0.3) is 5.91 Å². The van der Waals surface area contributed by atoms with Gasteiger partial charge < -0.3 is 15.3 Å². The lowest BCUT2D eigenvalue weighted by Gasteiger charge is -2.32. The van der Waals surface area contributed by atoms with E-state index in [2.05, 4.69) is 5.32 Å². The molecule has 0 saturated heterocycles. The van der Waals surface area contributed by atoms with Crippen molar-refractivity contribution in [3.8, 4) is 0 Å². The van der Waals surface area contributed by atoms with Crippen molar-refractivity contribution in [1.29, 1.82) is 0 Å². The zero-order valence-corrected chi connectivity index (χ0v) is 13.4. The standard InChI is InChI=1S/C17H24N2O3/c1-4-11(2)15(16(21)18-12(3)10-20)19-9-13-7-5-6-8-14(13)17(19)22/h5-8,11-12,15,20H,4,9-10H2,1-3H3,(H,18,21). The topological polar surface area (TPSA) is 69.6 Å². The summed E-state index contributed by atoms with van der Waals surface area (Å²) >= 11 is 0. The maximum atomic E-state index is 12.6. The number of aliphatic hydroxyl groups is 1. The predicted octanol–water partition coefficient (Wildman–Crippen LogP) is 1.55. The Kier molecular flexibility index (Phi) is 5.19. The lowest BCUT2D eigenvalue weighted by atomic mass is 9.96. The molecular weight excluding hydrogens is 280 g/mol. The monoisotopic (exact) mass is 304 g/mol. The molecule has 1 heterocycles. The fraction of sp³-hybridized carbons (Fsp3) is 0.529. The van der Waals surface area contributed by atoms with Crippen LogP contribution in [0.1, 0.15) is 43.1 Å². The molecule has 0 saturated carbocycles. The van der Waals surface area contributed by atoms with Gasteiger partial charge in [-0.25, -0.2) is 0 Å². The van der Waals surface area contributed by atoms with Gasteiger partial charge in [0, 0.05) is 18.2 Å². The van der Waals surface area contributed by atoms with Crippen molar-refractivity contribution < 1.29 is 14.7 Å². The largest absolute Gasteiger partial charge is 0.394 e. The van der Waals surface area contributed by atoms with Crippen LogP contribution in [-0.2, 0) is 11.3 Å². The smallest absolute Gasteiger partial charge is 0.255 e. The summed E-state index contributed by atoms with van der Waals surface area (Å²) in [7, 11) is 0. The van der Waals surface area contributed by atoms with Crippen LogP contribution in [0.2, 0.25) is 0 Å². The molecule has 5 heteroatoms. The Morgan fingerprint density at radius 2 is 2.05 bits per heavy atom. The first-order chi connectivity index (χ1) is 10.5. The summed E-state index contributed by atoms with van der Waals surface area (Å²) in [4.78, 5) is 26.8. The van der Waals surface area contributed by atoms with Crippen molar-refractivity contribution >= 4 is 11.8 Å². The summed E-state index contributed by atoms with van der Waals surface area (Å²) in [5.41, 5.74) is 1.64. The van der Waals surface area contributed by atoms with Crippen LogP contribution in [0, 0.1) is 5.92 Å². The molecule has 0 fully saturated rings. The lowest BCUT2D eigenvalue weighted by Crippen LogP contribution is -2.52. The van der Waals surface area contributed by atoms with Crippen LogP contribution in [0.25, 0.3) is 0 Å². The highest BCUT2D eigenvalue weighted by Crippen LogP contribution is 2.28. The Bertz CT molecular complexity index is 559. The molecule has 2 amide bonds. The number of nitrogens with one attached hydrogen (secondary N) is 1. The number of fused-ring (bicyclic) bond motifs is 1. The fourth-order valence-corrected chi connectivity index (χ4v) is 2.81. The van der Waals surface area contributed by atoms with Crippen LogP contribution in [-0.4, -0.2) is 40.5 Å². The van der Waals surface area contributed by atoms with Crippen molar-refractivity contribution in [3.05, 3.63) is 35.4 Å². The van der Waals surface area contributed by atoms with E-state index in [1.807, 2.05) is 32.0 Å². The molecule has 120 valence electrons. The van der Waals surface area contributed by atoms with Crippen LogP contribution in [0.5, 0.6) is 0 Å². The van der Waals surface area contributed by atoms with Crippen LogP contribution in [0.3, 0.4) is 0 Å². The molecule has 5 nitrogen and oxygen atoms in total. The summed E-state index contributed by atoms with van der Waals surface area (Å²) in [6.07, 6.45) is 0.797. The quantitative estimate of drug-likeness (QED) is 0.838. The van der Waals surface area contributed by atoms with E-state index in [0.717, 1.165) is 12.0 Å². The Morgan fingerprint density at radius 3 is 2.64 bits per heavy atom. The number of nitrogens with zero attached hydrogens (tertiary/aromatic N) is 1. The molecule has 1 aliphatic rings. The van der Waals surface area contributed by atoms with Gasteiger partial charge in [-0.3, -0.25) is 9.59 Å². The fourth-order valence-electron chi connectivity index (χ4n) is 2.81. The summed E-state index contributed by atoms with van der Waals surface area (Å²) in [5.74, 6) is -0.242. The summed E-state index contributed by atoms with van der Waals surface area (Å²) in [6.45, 7) is 6.07. The van der Waals surface area contributed by atoms with Gasteiger partial charge in [-0.05, 0) is 24.5 Å². The van der Waals surface area contributed by atoms with Gasteiger partial charge >= 0.3 is 0 Å². The second-order valence-corrected chi connectivity index (χ2v) is 6.01. The van der Waals surface area contributed by atoms with Crippen molar-refractivity contribution in [2.24, 2.45) is 5.92 Å². The first-order valence-corrected chi connectivity index (χ1v) is 7.79. The van der Waals surface area contributed by atoms with E-state index in [-0.39, 0.29) is 30.4 Å². The molecule has 1 aromatic carbocycles. The van der Waals surface area contributed by atoms with Crippen molar-refractivity contribution in [1.82, 2.24) is 10.2 Å². The van der Waals surface area contributed by atoms with Crippen LogP contribution < -0.4 is 5.32 Å². The van der Waals surface area contributed by atoms with Gasteiger partial charge in [0.05, 0.1) is 6.61 Å². The number of amides is 2. The summed E-state index contributed by atoms with van der Waals surface area (Å²) in [5, 5.41) is 11.9. The zero-order chi connectivity index (χ0) is 16.3. The van der Waals surface area contributed by atoms with E-state index < -0.39 is 6.04 Å². The third kappa shape index (κ3) is 3.14. The highest BCUT2D eigenvalue weighted by atomic mass is 16.3. The molecule has 3 unspecified atom stereocenters. The third-order valence-corrected chi connectivity index (χ3v) is 4.30. The molecule has 2 N–H and O–H groups in total. The average Bonchev–Trinajstić information content (AvgIpc) is 2.84. The van der Waals surface area contributed by atoms with Crippen LogP contribution in [0.4, 0.5) is 0 Å². The molecule has 1 aliphatic heterocycles. The lowest BCUT2D eigenvalue weighted by molar-refractivity contribution is -0.128. The number of carbonyl (C=O) groups excluding carboxylic acids is 2. The SMILES string of the molecule is CCC(C)C(C(=O)NC(C)CO)N1Cc2ccccc2C1=O. The van der Waals surface area contributed by atoms with Gasteiger partial charge in [-0.15, -0.1) is 0 Å². The molecule has 2 rings (SSSR count). The Hall–Kier alpha value is -1.88. The maximum absolute atomic E-state index is 12.6. The van der Waals surface area contributed by atoms with E-state index in [0.29, 0.717) is 12.1 Å². The van der Waals surface area contributed by atoms with Crippen molar-refractivity contribution in [2.75, 3.05) is 6.61 Å². The van der Waals surface area contributed by atoms with Gasteiger partial charge in [-0.2, -0.15) is 0 Å². The van der Waals surface area contributed by atoms with E-state index in [1.165, 1.54) is 0 Å². The summed E-state index contributed by atoms with van der Waals surface area (Å²) < 4.78 is 0. The molecule has 0 radical (unpaired) electrons. The van der Waals surface area contributed by atoms with Gasteiger partial charge in [-0.1, -0.05) is 38.5 Å². The third-order valence-electron chi connectivity index (χ3n) is 4.30. The predicted molar refractivity (Wildman–Crippen MR) is 84.2 cm³/mol. The highest BCUT2D eigenvalue weighted by molar-refractivity contribution is 6.01. The van der Waals surface area contributed by atoms with E-state index in [9.17, 15) is 9.59 Å². The van der Waals surface area contributed by atoms with E-state index >= 15 is 0 Å². The minimum absolute atomic E-state index is 0.0455. The van der Waals surface area contributed by atoms with Gasteiger partial charge in [0.2, 0.25) is 5.91 Å². The molecule has 1 aromatic rings. The van der Waals surface area contributed by atoms with Crippen molar-refractivity contribution in [3.63, 3.8) is 0 Å². The maximum Gasteiger partial charge on any atom is 0.255 e. The molecule has 22 heavy (non-hydrogen) atoms.